The maximum Gasteiger partial charge on any atom is 0.336 e. The van der Waals surface area contributed by atoms with Crippen LogP contribution in [-0.2, 0) is 11.2 Å². The van der Waals surface area contributed by atoms with E-state index in [1.165, 1.54) is 0 Å². The van der Waals surface area contributed by atoms with Crippen molar-refractivity contribution in [2.45, 2.75) is 39.0 Å². The molecular formula is C17H18O3. The number of ketones is 1. The average molecular weight is 270 g/mol. The summed E-state index contributed by atoms with van der Waals surface area (Å²) in [6, 6.07) is 7.41. The van der Waals surface area contributed by atoms with E-state index in [-0.39, 0.29) is 11.5 Å². The standard InChI is InChI=1S/C17H18O3/c1-11-6-7-14-13(10-17(19)20-16(14)8-11)9-12-4-2-3-5-15(12)18/h6-8,10,12H,2-5,9H2,1H3. The quantitative estimate of drug-likeness (QED) is 0.786. The SMILES string of the molecule is Cc1ccc2c(CC3CCCCC3=O)cc(=O)oc2c1. The third kappa shape index (κ3) is 2.53. The zero-order valence-electron chi connectivity index (χ0n) is 11.6. The van der Waals surface area contributed by atoms with Crippen molar-refractivity contribution in [1.82, 2.24) is 0 Å². The smallest absolute Gasteiger partial charge is 0.336 e. The van der Waals surface area contributed by atoms with Crippen LogP contribution in [0, 0.1) is 12.8 Å². The molecule has 0 N–H and O–H groups in total. The van der Waals surface area contributed by atoms with Gasteiger partial charge in [-0.3, -0.25) is 4.79 Å². The van der Waals surface area contributed by atoms with E-state index in [4.69, 9.17) is 4.42 Å². The number of rotatable bonds is 2. The summed E-state index contributed by atoms with van der Waals surface area (Å²) in [6.45, 7) is 1.97. The fraction of sp³-hybridized carbons (Fsp3) is 0.412. The van der Waals surface area contributed by atoms with Crippen LogP contribution < -0.4 is 5.63 Å². The summed E-state index contributed by atoms with van der Waals surface area (Å²) >= 11 is 0. The third-order valence-corrected chi connectivity index (χ3v) is 4.13. The van der Waals surface area contributed by atoms with Gasteiger partial charge in [0.05, 0.1) is 0 Å². The molecule has 0 aliphatic heterocycles. The summed E-state index contributed by atoms with van der Waals surface area (Å²) < 4.78 is 5.26. The summed E-state index contributed by atoms with van der Waals surface area (Å²) in [4.78, 5) is 23.7. The van der Waals surface area contributed by atoms with Gasteiger partial charge in [-0.2, -0.15) is 0 Å². The molecule has 1 aliphatic carbocycles. The lowest BCUT2D eigenvalue weighted by Crippen LogP contribution is -2.21. The second-order valence-corrected chi connectivity index (χ2v) is 5.70. The van der Waals surface area contributed by atoms with Gasteiger partial charge in [0.2, 0.25) is 0 Å². The van der Waals surface area contributed by atoms with E-state index < -0.39 is 0 Å². The Morgan fingerprint density at radius 2 is 2.05 bits per heavy atom. The van der Waals surface area contributed by atoms with Gasteiger partial charge in [-0.05, 0) is 43.4 Å². The van der Waals surface area contributed by atoms with Crippen LogP contribution in [0.4, 0.5) is 0 Å². The van der Waals surface area contributed by atoms with E-state index >= 15 is 0 Å². The molecule has 0 spiro atoms. The molecular weight excluding hydrogens is 252 g/mol. The fourth-order valence-electron chi connectivity index (χ4n) is 3.04. The summed E-state index contributed by atoms with van der Waals surface area (Å²) in [7, 11) is 0. The highest BCUT2D eigenvalue weighted by atomic mass is 16.4. The van der Waals surface area contributed by atoms with Gasteiger partial charge in [-0.15, -0.1) is 0 Å². The Morgan fingerprint density at radius 3 is 2.85 bits per heavy atom. The van der Waals surface area contributed by atoms with Crippen LogP contribution >= 0.6 is 0 Å². The molecule has 1 aliphatic rings. The molecule has 1 heterocycles. The number of benzene rings is 1. The van der Waals surface area contributed by atoms with Gasteiger partial charge in [0, 0.05) is 23.8 Å². The molecule has 3 nitrogen and oxygen atoms in total. The van der Waals surface area contributed by atoms with Crippen molar-refractivity contribution in [3.8, 4) is 0 Å². The van der Waals surface area contributed by atoms with Gasteiger partial charge in [0.15, 0.2) is 0 Å². The Kier molecular flexibility index (Phi) is 3.43. The van der Waals surface area contributed by atoms with E-state index in [0.717, 1.165) is 35.8 Å². The molecule has 2 aromatic rings. The normalized spacial score (nSPS) is 19.4. The van der Waals surface area contributed by atoms with Gasteiger partial charge < -0.3 is 4.42 Å². The molecule has 3 rings (SSSR count). The lowest BCUT2D eigenvalue weighted by atomic mass is 9.83. The van der Waals surface area contributed by atoms with Crippen molar-refractivity contribution in [1.29, 1.82) is 0 Å². The summed E-state index contributed by atoms with van der Waals surface area (Å²) in [5.41, 5.74) is 2.29. The molecule has 1 fully saturated rings. The van der Waals surface area contributed by atoms with E-state index in [1.807, 2.05) is 25.1 Å². The topological polar surface area (TPSA) is 47.3 Å². The number of carbonyl (C=O) groups is 1. The van der Waals surface area contributed by atoms with Gasteiger partial charge in [0.25, 0.3) is 0 Å². The molecule has 1 atom stereocenters. The van der Waals surface area contributed by atoms with Crippen LogP contribution in [0.2, 0.25) is 0 Å². The third-order valence-electron chi connectivity index (χ3n) is 4.13. The minimum Gasteiger partial charge on any atom is -0.423 e. The van der Waals surface area contributed by atoms with E-state index in [9.17, 15) is 9.59 Å². The highest BCUT2D eigenvalue weighted by molar-refractivity contribution is 5.84. The van der Waals surface area contributed by atoms with Crippen molar-refractivity contribution in [2.24, 2.45) is 5.92 Å². The van der Waals surface area contributed by atoms with Crippen molar-refractivity contribution in [2.75, 3.05) is 0 Å². The lowest BCUT2D eigenvalue weighted by Gasteiger charge is -2.20. The van der Waals surface area contributed by atoms with Crippen molar-refractivity contribution in [3.63, 3.8) is 0 Å². The zero-order chi connectivity index (χ0) is 14.1. The molecule has 0 amide bonds. The zero-order valence-corrected chi connectivity index (χ0v) is 11.6. The van der Waals surface area contributed by atoms with Crippen LogP contribution in [0.25, 0.3) is 11.0 Å². The van der Waals surface area contributed by atoms with Crippen molar-refractivity contribution < 1.29 is 9.21 Å². The fourth-order valence-corrected chi connectivity index (χ4v) is 3.04. The maximum absolute atomic E-state index is 12.0. The first-order valence-electron chi connectivity index (χ1n) is 7.19. The number of Topliss-reactive ketones (excluding diaryl/α,β-unsaturated/α-hetero) is 1. The highest BCUT2D eigenvalue weighted by Crippen LogP contribution is 2.27. The first-order valence-corrected chi connectivity index (χ1v) is 7.19. The van der Waals surface area contributed by atoms with Gasteiger partial charge in [0.1, 0.15) is 11.4 Å². The number of aryl methyl sites for hydroxylation is 1. The Balaban J connectivity index is 2.02. The van der Waals surface area contributed by atoms with Gasteiger partial charge in [-0.1, -0.05) is 18.6 Å². The maximum atomic E-state index is 12.0. The molecule has 0 bridgehead atoms. The first-order chi connectivity index (χ1) is 9.63. The molecule has 1 unspecified atom stereocenters. The van der Waals surface area contributed by atoms with E-state index in [2.05, 4.69) is 0 Å². The van der Waals surface area contributed by atoms with E-state index in [1.54, 1.807) is 6.07 Å². The predicted octanol–water partition coefficient (Wildman–Crippen LogP) is 3.40. The van der Waals surface area contributed by atoms with Crippen LogP contribution in [0.15, 0.2) is 33.5 Å². The number of fused-ring (bicyclic) bond motifs is 1. The number of carbonyl (C=O) groups excluding carboxylic acids is 1. The predicted molar refractivity (Wildman–Crippen MR) is 77.9 cm³/mol. The highest BCUT2D eigenvalue weighted by Gasteiger charge is 2.23. The van der Waals surface area contributed by atoms with Crippen LogP contribution in [-0.4, -0.2) is 5.78 Å². The minimum atomic E-state index is -0.332. The molecule has 1 aromatic carbocycles. The molecule has 1 aromatic heterocycles. The monoisotopic (exact) mass is 270 g/mol. The Bertz CT molecular complexity index is 712. The summed E-state index contributed by atoms with van der Waals surface area (Å²) in [6.07, 6.45) is 4.39. The van der Waals surface area contributed by atoms with Crippen molar-refractivity contribution in [3.05, 3.63) is 45.8 Å². The number of hydrogen-bond donors (Lipinski definition) is 0. The Hall–Kier alpha value is -1.90. The van der Waals surface area contributed by atoms with Crippen LogP contribution in [0.5, 0.6) is 0 Å². The lowest BCUT2D eigenvalue weighted by molar-refractivity contribution is -0.124. The van der Waals surface area contributed by atoms with Crippen LogP contribution in [0.3, 0.4) is 0 Å². The Labute approximate surface area is 117 Å². The summed E-state index contributed by atoms with van der Waals surface area (Å²) in [5.74, 6) is 0.403. The molecule has 0 saturated heterocycles. The molecule has 20 heavy (non-hydrogen) atoms. The van der Waals surface area contributed by atoms with Gasteiger partial charge >= 0.3 is 5.63 Å². The number of hydrogen-bond acceptors (Lipinski definition) is 3. The molecule has 0 radical (unpaired) electrons. The molecule has 1 saturated carbocycles. The average Bonchev–Trinajstić information content (AvgIpc) is 2.40. The van der Waals surface area contributed by atoms with E-state index in [0.29, 0.717) is 24.2 Å². The largest absolute Gasteiger partial charge is 0.423 e. The molecule has 3 heteroatoms. The Morgan fingerprint density at radius 1 is 1.20 bits per heavy atom. The van der Waals surface area contributed by atoms with Crippen molar-refractivity contribution >= 4 is 16.8 Å². The second kappa shape index (κ2) is 5.23. The summed E-state index contributed by atoms with van der Waals surface area (Å²) in [5, 5.41) is 0.952. The van der Waals surface area contributed by atoms with Gasteiger partial charge in [-0.25, -0.2) is 4.79 Å². The first kappa shape index (κ1) is 13.1. The second-order valence-electron chi connectivity index (χ2n) is 5.70. The minimum absolute atomic E-state index is 0.0649. The van der Waals surface area contributed by atoms with Crippen LogP contribution in [0.1, 0.15) is 36.8 Å². The molecule has 104 valence electrons.